The van der Waals surface area contributed by atoms with Crippen LogP contribution in [0.2, 0.25) is 0 Å². The third kappa shape index (κ3) is 3.51. The van der Waals surface area contributed by atoms with E-state index in [1.807, 2.05) is 30.3 Å². The Morgan fingerprint density at radius 1 is 1.10 bits per heavy atom. The van der Waals surface area contributed by atoms with E-state index in [-0.39, 0.29) is 12.2 Å². The van der Waals surface area contributed by atoms with E-state index in [2.05, 4.69) is 5.16 Å². The van der Waals surface area contributed by atoms with Gasteiger partial charge in [-0.2, -0.15) is 0 Å². The zero-order valence-corrected chi connectivity index (χ0v) is 11.4. The highest BCUT2D eigenvalue weighted by molar-refractivity contribution is 6.21. The first kappa shape index (κ1) is 13.9. The molecule has 0 saturated carbocycles. The fraction of sp³-hybridized carbons (Fsp3) is 0.188. The molecule has 20 heavy (non-hydrogen) atoms. The predicted molar refractivity (Wildman–Crippen MR) is 76.2 cm³/mol. The lowest BCUT2D eigenvalue weighted by molar-refractivity contribution is -0.142. The lowest BCUT2D eigenvalue weighted by atomic mass is 9.99. The van der Waals surface area contributed by atoms with E-state index in [1.54, 1.807) is 19.9 Å². The molecular formula is C16H15NO3. The third-order valence-electron chi connectivity index (χ3n) is 2.93. The second-order valence-corrected chi connectivity index (χ2v) is 4.62. The smallest absolute Gasteiger partial charge is 0.317 e. The number of benzene rings is 1. The topological polar surface area (TPSA) is 55.7 Å². The van der Waals surface area contributed by atoms with Crippen molar-refractivity contribution < 1.29 is 14.4 Å². The molecule has 0 atom stereocenters. The molecule has 2 rings (SSSR count). The Morgan fingerprint density at radius 3 is 2.50 bits per heavy atom. The molecule has 0 saturated heterocycles. The van der Waals surface area contributed by atoms with Gasteiger partial charge in [0.05, 0.1) is 6.42 Å². The largest absolute Gasteiger partial charge is 0.339 e. The molecule has 4 nitrogen and oxygen atoms in total. The van der Waals surface area contributed by atoms with E-state index in [9.17, 15) is 9.59 Å². The van der Waals surface area contributed by atoms with Crippen LogP contribution in [0.5, 0.6) is 0 Å². The van der Waals surface area contributed by atoms with Crippen LogP contribution in [0.1, 0.15) is 19.4 Å². The maximum atomic E-state index is 11.7. The molecule has 0 aromatic heterocycles. The van der Waals surface area contributed by atoms with Crippen LogP contribution < -0.4 is 0 Å². The second-order valence-electron chi connectivity index (χ2n) is 4.62. The van der Waals surface area contributed by atoms with Crippen molar-refractivity contribution in [3.8, 4) is 0 Å². The fourth-order valence-corrected chi connectivity index (χ4v) is 1.77. The Balaban J connectivity index is 2.01. The number of carbonyl (C=O) groups is 2. The number of nitrogens with zero attached hydrogens (tertiary/aromatic N) is 1. The van der Waals surface area contributed by atoms with Gasteiger partial charge in [0.25, 0.3) is 0 Å². The summed E-state index contributed by atoms with van der Waals surface area (Å²) in [6, 6.07) is 9.31. The van der Waals surface area contributed by atoms with Gasteiger partial charge in [0, 0.05) is 0 Å². The minimum Gasteiger partial charge on any atom is -0.317 e. The Hall–Kier alpha value is -2.49. The first-order valence-electron chi connectivity index (χ1n) is 6.29. The number of hydrogen-bond acceptors (Lipinski definition) is 4. The lowest BCUT2D eigenvalue weighted by Gasteiger charge is -2.08. The molecule has 0 amide bonds. The summed E-state index contributed by atoms with van der Waals surface area (Å²) < 4.78 is 0. The van der Waals surface area contributed by atoms with Crippen molar-refractivity contribution >= 4 is 17.5 Å². The average Bonchev–Trinajstić information content (AvgIpc) is 2.42. The Kier molecular flexibility index (Phi) is 4.25. The Labute approximate surface area is 117 Å². The molecule has 1 aliphatic rings. The summed E-state index contributed by atoms with van der Waals surface area (Å²) in [5.74, 6) is -0.475. The SMILES string of the molecule is CC1=CC(=NOC(=O)Cc2ccccc2)C(C)=CC1=O. The highest BCUT2D eigenvalue weighted by Crippen LogP contribution is 2.12. The van der Waals surface area contributed by atoms with Crippen LogP contribution in [0, 0.1) is 0 Å². The van der Waals surface area contributed by atoms with Crippen LogP contribution in [0.3, 0.4) is 0 Å². The molecule has 4 heteroatoms. The number of oxime groups is 1. The van der Waals surface area contributed by atoms with Crippen LogP contribution in [0.15, 0.2) is 58.8 Å². The minimum atomic E-state index is -0.431. The molecule has 0 heterocycles. The zero-order valence-electron chi connectivity index (χ0n) is 11.4. The molecule has 0 N–H and O–H groups in total. The maximum Gasteiger partial charge on any atom is 0.339 e. The molecule has 1 aromatic rings. The Bertz CT molecular complexity index is 624. The van der Waals surface area contributed by atoms with Crippen molar-refractivity contribution in [2.24, 2.45) is 5.16 Å². The summed E-state index contributed by atoms with van der Waals surface area (Å²) in [7, 11) is 0. The maximum absolute atomic E-state index is 11.7. The van der Waals surface area contributed by atoms with Gasteiger partial charge in [0.2, 0.25) is 0 Å². The van der Waals surface area contributed by atoms with Crippen molar-refractivity contribution in [2.45, 2.75) is 20.3 Å². The van der Waals surface area contributed by atoms with Crippen LogP contribution in [-0.2, 0) is 20.8 Å². The van der Waals surface area contributed by atoms with E-state index >= 15 is 0 Å². The first-order chi connectivity index (χ1) is 9.56. The van der Waals surface area contributed by atoms with Crippen molar-refractivity contribution in [1.82, 2.24) is 0 Å². The molecular weight excluding hydrogens is 254 g/mol. The van der Waals surface area contributed by atoms with Crippen LogP contribution >= 0.6 is 0 Å². The summed E-state index contributed by atoms with van der Waals surface area (Å²) in [6.07, 6.45) is 3.27. The molecule has 1 aliphatic carbocycles. The van der Waals surface area contributed by atoms with E-state index in [4.69, 9.17) is 4.84 Å². The first-order valence-corrected chi connectivity index (χ1v) is 6.29. The molecule has 0 aliphatic heterocycles. The summed E-state index contributed by atoms with van der Waals surface area (Å²) in [5, 5.41) is 3.82. The number of rotatable bonds is 3. The predicted octanol–water partition coefficient (Wildman–Crippen LogP) is 2.60. The summed E-state index contributed by atoms with van der Waals surface area (Å²) >= 11 is 0. The van der Waals surface area contributed by atoms with Gasteiger partial charge in [-0.1, -0.05) is 35.5 Å². The van der Waals surface area contributed by atoms with E-state index in [0.717, 1.165) is 5.56 Å². The second kappa shape index (κ2) is 6.10. The van der Waals surface area contributed by atoms with Gasteiger partial charge in [-0.05, 0) is 42.7 Å². The van der Waals surface area contributed by atoms with Gasteiger partial charge in [-0.3, -0.25) is 4.79 Å². The van der Waals surface area contributed by atoms with Crippen molar-refractivity contribution in [1.29, 1.82) is 0 Å². The number of allylic oxidation sites excluding steroid dienone is 4. The highest BCUT2D eigenvalue weighted by atomic mass is 16.7. The van der Waals surface area contributed by atoms with Gasteiger partial charge in [-0.25, -0.2) is 4.79 Å². The standard InChI is InChI=1S/C16H15NO3/c1-11-9-15(18)12(2)8-14(11)17-20-16(19)10-13-6-4-3-5-7-13/h3-9H,10H2,1-2H3. The fourth-order valence-electron chi connectivity index (χ4n) is 1.77. The van der Waals surface area contributed by atoms with Crippen molar-refractivity contribution in [3.05, 3.63) is 59.2 Å². The highest BCUT2D eigenvalue weighted by Gasteiger charge is 2.14. The number of carbonyl (C=O) groups excluding carboxylic acids is 2. The molecule has 102 valence electrons. The lowest BCUT2D eigenvalue weighted by Crippen LogP contribution is -2.12. The van der Waals surface area contributed by atoms with Crippen LogP contribution in [0.4, 0.5) is 0 Å². The van der Waals surface area contributed by atoms with Gasteiger partial charge >= 0.3 is 5.97 Å². The van der Waals surface area contributed by atoms with Crippen LogP contribution in [0.25, 0.3) is 0 Å². The van der Waals surface area contributed by atoms with E-state index < -0.39 is 5.97 Å². The van der Waals surface area contributed by atoms with Gasteiger partial charge < -0.3 is 4.84 Å². The summed E-state index contributed by atoms with van der Waals surface area (Å²) in [5.41, 5.74) is 2.64. The quantitative estimate of drug-likeness (QED) is 0.481. The van der Waals surface area contributed by atoms with Gasteiger partial charge in [-0.15, -0.1) is 0 Å². The minimum absolute atomic E-state index is 0.0444. The monoisotopic (exact) mass is 269 g/mol. The number of ketones is 1. The normalized spacial score (nSPS) is 16.7. The third-order valence-corrected chi connectivity index (χ3v) is 2.93. The molecule has 0 unspecified atom stereocenters. The zero-order chi connectivity index (χ0) is 14.5. The van der Waals surface area contributed by atoms with E-state index in [0.29, 0.717) is 16.9 Å². The van der Waals surface area contributed by atoms with E-state index in [1.165, 1.54) is 6.08 Å². The van der Waals surface area contributed by atoms with Gasteiger partial charge in [0.15, 0.2) is 5.78 Å². The average molecular weight is 269 g/mol. The molecule has 0 fully saturated rings. The van der Waals surface area contributed by atoms with Gasteiger partial charge in [0.1, 0.15) is 5.71 Å². The number of hydrogen-bond donors (Lipinski definition) is 0. The van der Waals surface area contributed by atoms with Crippen molar-refractivity contribution in [2.75, 3.05) is 0 Å². The van der Waals surface area contributed by atoms with Crippen LogP contribution in [-0.4, -0.2) is 17.5 Å². The Morgan fingerprint density at radius 2 is 1.80 bits per heavy atom. The summed E-state index contributed by atoms with van der Waals surface area (Å²) in [4.78, 5) is 28.0. The van der Waals surface area contributed by atoms with Crippen molar-refractivity contribution in [3.63, 3.8) is 0 Å². The molecule has 1 aromatic carbocycles. The molecule has 0 bridgehead atoms. The molecule has 0 spiro atoms. The molecule has 0 radical (unpaired) electrons. The summed E-state index contributed by atoms with van der Waals surface area (Å²) in [6.45, 7) is 3.46.